The zero-order chi connectivity index (χ0) is 13.8. The second-order valence-electron chi connectivity index (χ2n) is 5.12. The molecule has 3 nitrogen and oxygen atoms in total. The van der Waals surface area contributed by atoms with Crippen LogP contribution in [0.5, 0.6) is 0 Å². The maximum Gasteiger partial charge on any atom is 0.251 e. The number of amides is 1. The van der Waals surface area contributed by atoms with Gasteiger partial charge in [0, 0.05) is 18.7 Å². The number of anilines is 1. The first-order valence-electron chi connectivity index (χ1n) is 6.94. The van der Waals surface area contributed by atoms with Gasteiger partial charge in [0.25, 0.3) is 5.91 Å². The quantitative estimate of drug-likeness (QED) is 0.883. The molecule has 1 fully saturated rings. The average molecular weight is 281 g/mol. The van der Waals surface area contributed by atoms with Crippen LogP contribution >= 0.6 is 11.6 Å². The van der Waals surface area contributed by atoms with Crippen LogP contribution in [0.2, 0.25) is 5.02 Å². The second kappa shape index (κ2) is 6.29. The Hall–Kier alpha value is -1.22. The Morgan fingerprint density at radius 1 is 1.42 bits per heavy atom. The summed E-state index contributed by atoms with van der Waals surface area (Å²) < 4.78 is 0. The summed E-state index contributed by atoms with van der Waals surface area (Å²) in [7, 11) is 1.63. The topological polar surface area (TPSA) is 41.1 Å². The Labute approximate surface area is 119 Å². The van der Waals surface area contributed by atoms with Crippen molar-refractivity contribution in [2.75, 3.05) is 12.4 Å². The lowest BCUT2D eigenvalue weighted by atomic mass is 10.0. The van der Waals surface area contributed by atoms with Crippen molar-refractivity contribution in [3.8, 4) is 0 Å². The van der Waals surface area contributed by atoms with Crippen molar-refractivity contribution in [1.29, 1.82) is 0 Å². The first-order valence-corrected chi connectivity index (χ1v) is 7.31. The summed E-state index contributed by atoms with van der Waals surface area (Å²) in [6.07, 6.45) is 4.91. The van der Waals surface area contributed by atoms with E-state index in [0.29, 0.717) is 22.5 Å². The highest BCUT2D eigenvalue weighted by atomic mass is 35.5. The van der Waals surface area contributed by atoms with Gasteiger partial charge in [0.2, 0.25) is 0 Å². The van der Waals surface area contributed by atoms with Crippen LogP contribution in [0, 0.1) is 5.92 Å². The third-order valence-electron chi connectivity index (χ3n) is 3.98. The van der Waals surface area contributed by atoms with E-state index in [9.17, 15) is 4.79 Å². The smallest absolute Gasteiger partial charge is 0.251 e. The third-order valence-corrected chi connectivity index (χ3v) is 4.31. The number of benzene rings is 1. The molecule has 0 bridgehead atoms. The van der Waals surface area contributed by atoms with Crippen molar-refractivity contribution < 1.29 is 4.79 Å². The summed E-state index contributed by atoms with van der Waals surface area (Å²) in [5.41, 5.74) is 1.51. The number of hydrogen-bond acceptors (Lipinski definition) is 2. The first-order chi connectivity index (χ1) is 9.15. The highest BCUT2D eigenvalue weighted by Crippen LogP contribution is 2.33. The molecule has 19 heavy (non-hydrogen) atoms. The summed E-state index contributed by atoms with van der Waals surface area (Å²) in [6.45, 7) is 2.23. The SMILES string of the molecule is CCC1CCCC1Nc1cc(C(=O)NC)ccc1Cl. The molecular weight excluding hydrogens is 260 g/mol. The maximum absolute atomic E-state index is 11.7. The second-order valence-corrected chi connectivity index (χ2v) is 5.53. The van der Waals surface area contributed by atoms with E-state index in [1.807, 2.05) is 6.07 Å². The minimum atomic E-state index is -0.0850. The fourth-order valence-corrected chi connectivity index (χ4v) is 3.01. The lowest BCUT2D eigenvalue weighted by Gasteiger charge is -2.22. The van der Waals surface area contributed by atoms with Crippen molar-refractivity contribution in [2.45, 2.75) is 38.6 Å². The molecule has 2 unspecified atom stereocenters. The van der Waals surface area contributed by atoms with E-state index in [1.165, 1.54) is 25.7 Å². The van der Waals surface area contributed by atoms with Crippen LogP contribution in [0.25, 0.3) is 0 Å². The van der Waals surface area contributed by atoms with Gasteiger partial charge < -0.3 is 10.6 Å². The molecule has 1 aliphatic carbocycles. The number of halogens is 1. The van der Waals surface area contributed by atoms with Crippen LogP contribution < -0.4 is 10.6 Å². The monoisotopic (exact) mass is 280 g/mol. The molecule has 0 aromatic heterocycles. The highest BCUT2D eigenvalue weighted by Gasteiger charge is 2.26. The summed E-state index contributed by atoms with van der Waals surface area (Å²) >= 11 is 6.22. The molecule has 1 saturated carbocycles. The van der Waals surface area contributed by atoms with E-state index in [-0.39, 0.29) is 5.91 Å². The van der Waals surface area contributed by atoms with Crippen molar-refractivity contribution in [3.63, 3.8) is 0 Å². The molecule has 0 saturated heterocycles. The summed E-state index contributed by atoms with van der Waals surface area (Å²) in [6, 6.07) is 5.84. The van der Waals surface area contributed by atoms with Crippen molar-refractivity contribution >= 4 is 23.2 Å². The molecule has 1 aromatic carbocycles. The fraction of sp³-hybridized carbons (Fsp3) is 0.533. The largest absolute Gasteiger partial charge is 0.381 e. The Morgan fingerprint density at radius 3 is 2.89 bits per heavy atom. The maximum atomic E-state index is 11.7. The zero-order valence-corrected chi connectivity index (χ0v) is 12.3. The number of hydrogen-bond donors (Lipinski definition) is 2. The fourth-order valence-electron chi connectivity index (χ4n) is 2.84. The first kappa shape index (κ1) is 14.2. The van der Waals surface area contributed by atoms with Gasteiger partial charge in [-0.1, -0.05) is 31.4 Å². The molecule has 2 atom stereocenters. The van der Waals surface area contributed by atoms with E-state index < -0.39 is 0 Å². The average Bonchev–Trinajstić information content (AvgIpc) is 2.87. The van der Waals surface area contributed by atoms with Crippen molar-refractivity contribution in [3.05, 3.63) is 28.8 Å². The Kier molecular flexibility index (Phi) is 4.70. The van der Waals surface area contributed by atoms with Crippen LogP contribution in [-0.2, 0) is 0 Å². The van der Waals surface area contributed by atoms with Gasteiger partial charge in [0.1, 0.15) is 0 Å². The van der Waals surface area contributed by atoms with E-state index in [1.54, 1.807) is 19.2 Å². The number of nitrogens with one attached hydrogen (secondary N) is 2. The molecule has 2 N–H and O–H groups in total. The Bertz CT molecular complexity index is 461. The molecule has 0 heterocycles. The van der Waals surface area contributed by atoms with Gasteiger partial charge in [-0.2, -0.15) is 0 Å². The van der Waals surface area contributed by atoms with E-state index in [2.05, 4.69) is 17.6 Å². The third kappa shape index (κ3) is 3.21. The summed E-state index contributed by atoms with van der Waals surface area (Å²) in [5, 5.41) is 6.82. The van der Waals surface area contributed by atoms with Crippen LogP contribution in [0.1, 0.15) is 43.0 Å². The van der Waals surface area contributed by atoms with Gasteiger partial charge in [0.15, 0.2) is 0 Å². The van der Waals surface area contributed by atoms with Crippen LogP contribution in [-0.4, -0.2) is 19.0 Å². The van der Waals surface area contributed by atoms with E-state index in [4.69, 9.17) is 11.6 Å². The summed E-state index contributed by atoms with van der Waals surface area (Å²) in [4.78, 5) is 11.7. The molecule has 4 heteroatoms. The standard InChI is InChI=1S/C15H21ClN2O/c1-3-10-5-4-6-13(10)18-14-9-11(15(19)17-2)7-8-12(14)16/h7-10,13,18H,3-6H2,1-2H3,(H,17,19). The van der Waals surface area contributed by atoms with Gasteiger partial charge in [-0.25, -0.2) is 0 Å². The van der Waals surface area contributed by atoms with Gasteiger partial charge in [-0.05, 0) is 37.0 Å². The molecule has 1 aromatic rings. The lowest BCUT2D eigenvalue weighted by molar-refractivity contribution is 0.0963. The van der Waals surface area contributed by atoms with Crippen LogP contribution in [0.4, 0.5) is 5.69 Å². The van der Waals surface area contributed by atoms with Crippen LogP contribution in [0.15, 0.2) is 18.2 Å². The molecule has 1 aliphatic rings. The minimum absolute atomic E-state index is 0.0850. The van der Waals surface area contributed by atoms with E-state index >= 15 is 0 Å². The summed E-state index contributed by atoms with van der Waals surface area (Å²) in [5.74, 6) is 0.623. The molecule has 0 spiro atoms. The number of carbonyl (C=O) groups excluding carboxylic acids is 1. The highest BCUT2D eigenvalue weighted by molar-refractivity contribution is 6.33. The minimum Gasteiger partial charge on any atom is -0.381 e. The van der Waals surface area contributed by atoms with Gasteiger partial charge in [-0.15, -0.1) is 0 Å². The molecule has 2 rings (SSSR count). The van der Waals surface area contributed by atoms with Gasteiger partial charge in [0.05, 0.1) is 10.7 Å². The Balaban J connectivity index is 2.17. The van der Waals surface area contributed by atoms with Gasteiger partial charge in [-0.3, -0.25) is 4.79 Å². The molecule has 0 radical (unpaired) electrons. The molecular formula is C15H21ClN2O. The predicted molar refractivity (Wildman–Crippen MR) is 79.9 cm³/mol. The zero-order valence-electron chi connectivity index (χ0n) is 11.5. The number of rotatable bonds is 4. The predicted octanol–water partition coefficient (Wildman–Crippen LogP) is 3.69. The normalized spacial score (nSPS) is 22.3. The Morgan fingerprint density at radius 2 is 2.21 bits per heavy atom. The molecule has 104 valence electrons. The van der Waals surface area contributed by atoms with Gasteiger partial charge >= 0.3 is 0 Å². The van der Waals surface area contributed by atoms with Crippen molar-refractivity contribution in [1.82, 2.24) is 5.32 Å². The van der Waals surface area contributed by atoms with E-state index in [0.717, 1.165) is 5.69 Å². The lowest BCUT2D eigenvalue weighted by Crippen LogP contribution is -2.24. The molecule has 1 amide bonds. The molecule has 0 aliphatic heterocycles. The van der Waals surface area contributed by atoms with Crippen molar-refractivity contribution in [2.24, 2.45) is 5.92 Å². The number of carbonyl (C=O) groups is 1. The van der Waals surface area contributed by atoms with Crippen LogP contribution in [0.3, 0.4) is 0 Å².